The number of hydrogen-bond donors (Lipinski definition) is 1. The smallest absolute Gasteiger partial charge is 0.160 e. The van der Waals surface area contributed by atoms with Gasteiger partial charge < -0.3 is 14.6 Å². The first-order valence-electron chi connectivity index (χ1n) is 5.04. The molecule has 1 aliphatic heterocycles. The molecule has 0 radical (unpaired) electrons. The molecule has 84 valence electrons. The number of ether oxygens (including phenoxy) is 2. The van der Waals surface area contributed by atoms with Gasteiger partial charge in [-0.3, -0.25) is 0 Å². The minimum absolute atomic E-state index is 0.105. The van der Waals surface area contributed by atoms with Crippen LogP contribution in [0, 0.1) is 0 Å². The largest absolute Gasteiger partial charge is 0.375 e. The van der Waals surface area contributed by atoms with E-state index in [4.69, 9.17) is 9.47 Å². The first kappa shape index (κ1) is 11.9. The summed E-state index contributed by atoms with van der Waals surface area (Å²) in [6, 6.07) is 0. The van der Waals surface area contributed by atoms with E-state index in [2.05, 4.69) is 0 Å². The van der Waals surface area contributed by atoms with Crippen molar-refractivity contribution in [3.63, 3.8) is 0 Å². The third-order valence-electron chi connectivity index (χ3n) is 2.23. The predicted octanol–water partition coefficient (Wildman–Crippen LogP) is 1.64. The van der Waals surface area contributed by atoms with E-state index in [1.807, 2.05) is 0 Å². The van der Waals surface area contributed by atoms with E-state index in [9.17, 15) is 9.50 Å². The molecule has 1 fully saturated rings. The molecule has 0 spiro atoms. The lowest BCUT2D eigenvalue weighted by atomic mass is 10.0. The molecular weight excluding hydrogens is 187 g/mol. The van der Waals surface area contributed by atoms with Crippen LogP contribution in [0.1, 0.15) is 33.6 Å². The molecule has 0 saturated carbocycles. The molecule has 14 heavy (non-hydrogen) atoms. The third-order valence-corrected chi connectivity index (χ3v) is 2.23. The summed E-state index contributed by atoms with van der Waals surface area (Å²) in [4.78, 5) is 0. The maximum Gasteiger partial charge on any atom is 0.160 e. The summed E-state index contributed by atoms with van der Waals surface area (Å²) < 4.78 is 23.6. The van der Waals surface area contributed by atoms with Gasteiger partial charge in [-0.25, -0.2) is 4.39 Å². The van der Waals surface area contributed by atoms with Crippen LogP contribution in [0.15, 0.2) is 0 Å². The summed E-state index contributed by atoms with van der Waals surface area (Å²) in [6.45, 7) is 5.14. The molecule has 2 unspecified atom stereocenters. The van der Waals surface area contributed by atoms with Gasteiger partial charge in [-0.1, -0.05) is 0 Å². The Morgan fingerprint density at radius 2 is 2.21 bits per heavy atom. The van der Waals surface area contributed by atoms with Gasteiger partial charge >= 0.3 is 0 Å². The molecule has 1 N–H and O–H groups in total. The third kappa shape index (κ3) is 3.90. The van der Waals surface area contributed by atoms with Crippen LogP contribution in [0.25, 0.3) is 0 Å². The average molecular weight is 206 g/mol. The monoisotopic (exact) mass is 206 g/mol. The fourth-order valence-electron chi connectivity index (χ4n) is 1.63. The van der Waals surface area contributed by atoms with Crippen molar-refractivity contribution in [3.8, 4) is 0 Å². The molecule has 1 rings (SSSR count). The molecule has 3 atom stereocenters. The zero-order chi connectivity index (χ0) is 10.8. The van der Waals surface area contributed by atoms with Gasteiger partial charge in [0.05, 0.1) is 12.2 Å². The second kappa shape index (κ2) is 4.55. The lowest BCUT2D eigenvalue weighted by Gasteiger charge is -2.33. The SMILES string of the molecule is CC(F)C1C[C@H](OC(C)(C)O)CCO1. The molecule has 1 heterocycles. The highest BCUT2D eigenvalue weighted by molar-refractivity contribution is 4.76. The Bertz CT molecular complexity index is 177. The second-order valence-corrected chi connectivity index (χ2v) is 4.30. The van der Waals surface area contributed by atoms with E-state index in [-0.39, 0.29) is 6.10 Å². The number of rotatable bonds is 3. The van der Waals surface area contributed by atoms with Gasteiger partial charge in [-0.05, 0) is 27.2 Å². The van der Waals surface area contributed by atoms with Crippen LogP contribution in [0.2, 0.25) is 0 Å². The van der Waals surface area contributed by atoms with Crippen molar-refractivity contribution in [2.45, 2.75) is 57.8 Å². The van der Waals surface area contributed by atoms with Gasteiger partial charge in [0.15, 0.2) is 5.79 Å². The highest BCUT2D eigenvalue weighted by atomic mass is 19.1. The molecule has 3 nitrogen and oxygen atoms in total. The van der Waals surface area contributed by atoms with Crippen molar-refractivity contribution in [1.82, 2.24) is 0 Å². The second-order valence-electron chi connectivity index (χ2n) is 4.30. The van der Waals surface area contributed by atoms with E-state index in [0.29, 0.717) is 19.4 Å². The van der Waals surface area contributed by atoms with Crippen LogP contribution < -0.4 is 0 Å². The molecule has 0 amide bonds. The molecule has 1 aliphatic rings. The average Bonchev–Trinajstić information content (AvgIpc) is 2.01. The van der Waals surface area contributed by atoms with Crippen LogP contribution in [0.5, 0.6) is 0 Å². The van der Waals surface area contributed by atoms with Crippen LogP contribution in [-0.2, 0) is 9.47 Å². The zero-order valence-corrected chi connectivity index (χ0v) is 9.00. The van der Waals surface area contributed by atoms with Gasteiger partial charge in [0.2, 0.25) is 0 Å². The Morgan fingerprint density at radius 3 is 2.71 bits per heavy atom. The first-order valence-corrected chi connectivity index (χ1v) is 5.04. The molecule has 4 heteroatoms. The summed E-state index contributed by atoms with van der Waals surface area (Å²) in [5.74, 6) is -1.15. The van der Waals surface area contributed by atoms with Crippen molar-refractivity contribution in [2.75, 3.05) is 6.61 Å². The quantitative estimate of drug-likeness (QED) is 0.713. The van der Waals surface area contributed by atoms with Crippen molar-refractivity contribution >= 4 is 0 Å². The first-order chi connectivity index (χ1) is 6.38. The van der Waals surface area contributed by atoms with E-state index in [0.717, 1.165) is 0 Å². The lowest BCUT2D eigenvalue weighted by molar-refractivity contribution is -0.227. The molecule has 0 aromatic rings. The van der Waals surface area contributed by atoms with Crippen molar-refractivity contribution in [2.24, 2.45) is 0 Å². The van der Waals surface area contributed by atoms with E-state index < -0.39 is 18.1 Å². The standard InChI is InChI=1S/C10H19FO3/c1-7(11)9-6-8(4-5-13-9)14-10(2,3)12/h7-9,12H,4-6H2,1-3H3/t7?,8-,9?/m1/s1. The number of aliphatic hydroxyl groups is 1. The van der Waals surface area contributed by atoms with Crippen molar-refractivity contribution in [3.05, 3.63) is 0 Å². The minimum Gasteiger partial charge on any atom is -0.375 e. The van der Waals surface area contributed by atoms with Crippen LogP contribution in [-0.4, -0.2) is 35.9 Å². The van der Waals surface area contributed by atoms with Crippen LogP contribution in [0.4, 0.5) is 4.39 Å². The molecule has 0 bridgehead atoms. The van der Waals surface area contributed by atoms with Gasteiger partial charge in [0, 0.05) is 13.0 Å². The lowest BCUT2D eigenvalue weighted by Crippen LogP contribution is -2.40. The summed E-state index contributed by atoms with van der Waals surface area (Å²) in [5, 5.41) is 9.44. The zero-order valence-electron chi connectivity index (χ0n) is 9.00. The molecule has 0 aromatic carbocycles. The Balaban J connectivity index is 2.40. The summed E-state index contributed by atoms with van der Waals surface area (Å²) in [6.07, 6.45) is -0.249. The molecule has 1 saturated heterocycles. The van der Waals surface area contributed by atoms with E-state index in [1.165, 1.54) is 6.92 Å². The van der Waals surface area contributed by atoms with Gasteiger partial charge in [-0.15, -0.1) is 0 Å². The fraction of sp³-hybridized carbons (Fsp3) is 1.00. The van der Waals surface area contributed by atoms with Gasteiger partial charge in [0.1, 0.15) is 6.17 Å². The summed E-state index contributed by atoms with van der Waals surface area (Å²) in [7, 11) is 0. The van der Waals surface area contributed by atoms with E-state index in [1.54, 1.807) is 13.8 Å². The normalized spacial score (nSPS) is 31.5. The van der Waals surface area contributed by atoms with Crippen molar-refractivity contribution < 1.29 is 19.0 Å². The number of halogens is 1. The van der Waals surface area contributed by atoms with Crippen LogP contribution >= 0.6 is 0 Å². The Kier molecular flexibility index (Phi) is 3.86. The van der Waals surface area contributed by atoms with Crippen LogP contribution in [0.3, 0.4) is 0 Å². The maximum atomic E-state index is 13.0. The van der Waals surface area contributed by atoms with Gasteiger partial charge in [-0.2, -0.15) is 0 Å². The fourth-order valence-corrected chi connectivity index (χ4v) is 1.63. The Hall–Kier alpha value is -0.190. The number of alkyl halides is 1. The number of hydrogen-bond acceptors (Lipinski definition) is 3. The summed E-state index contributed by atoms with van der Waals surface area (Å²) in [5.41, 5.74) is 0. The Labute approximate surface area is 84.2 Å². The topological polar surface area (TPSA) is 38.7 Å². The maximum absolute atomic E-state index is 13.0. The predicted molar refractivity (Wildman–Crippen MR) is 50.7 cm³/mol. The Morgan fingerprint density at radius 1 is 1.57 bits per heavy atom. The van der Waals surface area contributed by atoms with E-state index >= 15 is 0 Å². The van der Waals surface area contributed by atoms with Gasteiger partial charge in [0.25, 0.3) is 0 Å². The molecular formula is C10H19FO3. The van der Waals surface area contributed by atoms with Crippen molar-refractivity contribution in [1.29, 1.82) is 0 Å². The molecule has 0 aromatic heterocycles. The molecule has 0 aliphatic carbocycles. The minimum atomic E-state index is -1.15. The summed E-state index contributed by atoms with van der Waals surface area (Å²) >= 11 is 0. The highest BCUT2D eigenvalue weighted by Gasteiger charge is 2.30. The highest BCUT2D eigenvalue weighted by Crippen LogP contribution is 2.23.